The van der Waals surface area contributed by atoms with Crippen molar-refractivity contribution < 1.29 is 4.92 Å². The molecule has 0 aliphatic heterocycles. The lowest BCUT2D eigenvalue weighted by Crippen LogP contribution is -2.15. The Labute approximate surface area is 183 Å². The maximum atomic E-state index is 10.7. The number of anilines is 2. The summed E-state index contributed by atoms with van der Waals surface area (Å²) in [6.45, 7) is 1.09. The first-order valence-electron chi connectivity index (χ1n) is 9.73. The summed E-state index contributed by atoms with van der Waals surface area (Å²) in [5.41, 5.74) is 2.98. The Bertz CT molecular complexity index is 1250. The third-order valence-electron chi connectivity index (χ3n) is 4.63. The van der Waals surface area contributed by atoms with E-state index in [0.29, 0.717) is 36.1 Å². The minimum absolute atomic E-state index is 0.0511. The smallest absolute Gasteiger partial charge is 0.287 e. The van der Waals surface area contributed by atoms with E-state index in [4.69, 9.17) is 10.2 Å². The molecule has 0 spiro atoms. The third-order valence-corrected chi connectivity index (χ3v) is 4.63. The minimum atomic E-state index is -0.484. The normalized spacial score (nSPS) is 10.3. The molecule has 3 heterocycles. The molecule has 0 bridgehead atoms. The van der Waals surface area contributed by atoms with Crippen molar-refractivity contribution in [3.05, 3.63) is 82.8 Å². The number of hydrogen-bond acceptors (Lipinski definition) is 8. The molecule has 0 unspecified atom stereocenters. The van der Waals surface area contributed by atoms with Crippen LogP contribution in [0.5, 0.6) is 0 Å². The van der Waals surface area contributed by atoms with Crippen molar-refractivity contribution in [3.63, 3.8) is 0 Å². The molecule has 10 nitrogen and oxygen atoms in total. The van der Waals surface area contributed by atoms with Crippen LogP contribution in [0.15, 0.2) is 67.1 Å². The van der Waals surface area contributed by atoms with Gasteiger partial charge >= 0.3 is 0 Å². The number of nitriles is 1. The first kappa shape index (κ1) is 20.5. The zero-order valence-corrected chi connectivity index (χ0v) is 16.8. The van der Waals surface area contributed by atoms with Crippen molar-refractivity contribution in [2.75, 3.05) is 23.7 Å². The number of nitrogens with one attached hydrogen (secondary N) is 3. The van der Waals surface area contributed by atoms with E-state index in [2.05, 4.69) is 31.7 Å². The maximum Gasteiger partial charge on any atom is 0.287 e. The van der Waals surface area contributed by atoms with Crippen molar-refractivity contribution in [2.24, 2.45) is 0 Å². The summed E-state index contributed by atoms with van der Waals surface area (Å²) in [6, 6.07) is 16.1. The summed E-state index contributed by atoms with van der Waals surface area (Å²) >= 11 is 0. The predicted molar refractivity (Wildman–Crippen MR) is 120 cm³/mol. The highest BCUT2D eigenvalue weighted by Gasteiger charge is 2.12. The Morgan fingerprint density at radius 3 is 2.38 bits per heavy atom. The highest BCUT2D eigenvalue weighted by Crippen LogP contribution is 2.30. The standard InChI is InChI=1S/C22H18N8O2/c23-13-15-1-3-16(4-2-15)21-18(22-26-11-12-27-22)6-8-20(29-21)25-10-9-24-19-7-5-17(14-28-19)30(31)32/h1-8,11-12,14H,9-10H2,(H,24,28)(H,25,29)(H,26,27). The van der Waals surface area contributed by atoms with Gasteiger partial charge in [0.25, 0.3) is 5.69 Å². The minimum Gasteiger partial charge on any atom is -0.368 e. The van der Waals surface area contributed by atoms with Crippen LogP contribution >= 0.6 is 0 Å². The van der Waals surface area contributed by atoms with Crippen LogP contribution in [0.2, 0.25) is 0 Å². The molecule has 0 aliphatic rings. The zero-order chi connectivity index (χ0) is 22.3. The fourth-order valence-electron chi connectivity index (χ4n) is 3.06. The van der Waals surface area contributed by atoms with Crippen LogP contribution in [-0.2, 0) is 0 Å². The highest BCUT2D eigenvalue weighted by atomic mass is 16.6. The SMILES string of the molecule is N#Cc1ccc(-c2nc(NCCNc3ccc([N+](=O)[O-])cn3)ccc2-c2ncc[nH]2)cc1. The molecule has 0 saturated carbocycles. The fourth-order valence-corrected chi connectivity index (χ4v) is 3.06. The van der Waals surface area contributed by atoms with E-state index in [9.17, 15) is 10.1 Å². The first-order valence-corrected chi connectivity index (χ1v) is 9.73. The molecule has 10 heteroatoms. The average Bonchev–Trinajstić information content (AvgIpc) is 3.37. The van der Waals surface area contributed by atoms with Gasteiger partial charge < -0.3 is 15.6 Å². The number of nitrogens with zero attached hydrogens (tertiary/aromatic N) is 5. The van der Waals surface area contributed by atoms with Crippen molar-refractivity contribution in [1.29, 1.82) is 5.26 Å². The Hall–Kier alpha value is -4.78. The van der Waals surface area contributed by atoms with Gasteiger partial charge in [0, 0.05) is 42.7 Å². The molecule has 3 aromatic heterocycles. The summed E-state index contributed by atoms with van der Waals surface area (Å²) < 4.78 is 0. The molecule has 3 N–H and O–H groups in total. The van der Waals surface area contributed by atoms with E-state index >= 15 is 0 Å². The van der Waals surface area contributed by atoms with Gasteiger partial charge in [-0.05, 0) is 30.3 Å². The number of H-pyrrole nitrogens is 1. The van der Waals surface area contributed by atoms with Crippen molar-refractivity contribution >= 4 is 17.3 Å². The number of imidazole rings is 1. The van der Waals surface area contributed by atoms with Crippen LogP contribution < -0.4 is 10.6 Å². The Morgan fingerprint density at radius 2 is 1.75 bits per heavy atom. The number of hydrogen-bond donors (Lipinski definition) is 3. The second kappa shape index (κ2) is 9.36. The monoisotopic (exact) mass is 426 g/mol. The number of aromatic amines is 1. The molecule has 0 atom stereocenters. The van der Waals surface area contributed by atoms with Crippen LogP contribution in [0.1, 0.15) is 5.56 Å². The third kappa shape index (κ3) is 4.68. The molecule has 0 aliphatic carbocycles. The first-order chi connectivity index (χ1) is 15.6. The van der Waals surface area contributed by atoms with E-state index in [-0.39, 0.29) is 5.69 Å². The molecular weight excluding hydrogens is 408 g/mol. The van der Waals surface area contributed by atoms with Gasteiger partial charge in [0.1, 0.15) is 23.7 Å². The van der Waals surface area contributed by atoms with Crippen LogP contribution in [0.3, 0.4) is 0 Å². The lowest BCUT2D eigenvalue weighted by atomic mass is 10.0. The van der Waals surface area contributed by atoms with Crippen molar-refractivity contribution in [2.45, 2.75) is 0 Å². The van der Waals surface area contributed by atoms with Crippen molar-refractivity contribution in [3.8, 4) is 28.7 Å². The molecule has 4 rings (SSSR count). The number of aromatic nitrogens is 4. The van der Waals surface area contributed by atoms with Crippen LogP contribution in [0.25, 0.3) is 22.6 Å². The maximum absolute atomic E-state index is 10.7. The predicted octanol–water partition coefficient (Wildman–Crippen LogP) is 3.84. The van der Waals surface area contributed by atoms with Gasteiger partial charge in [-0.25, -0.2) is 15.0 Å². The van der Waals surface area contributed by atoms with Gasteiger partial charge in [-0.2, -0.15) is 5.26 Å². The molecule has 4 aromatic rings. The van der Waals surface area contributed by atoms with E-state index < -0.39 is 4.92 Å². The van der Waals surface area contributed by atoms with E-state index in [1.165, 1.54) is 12.3 Å². The van der Waals surface area contributed by atoms with Gasteiger partial charge in [0.05, 0.1) is 22.2 Å². The molecule has 0 amide bonds. The fraction of sp³-hybridized carbons (Fsp3) is 0.0909. The number of benzene rings is 1. The quantitative estimate of drug-likeness (QED) is 0.219. The second-order valence-electron chi connectivity index (χ2n) is 6.73. The van der Waals surface area contributed by atoms with E-state index in [0.717, 1.165) is 16.8 Å². The van der Waals surface area contributed by atoms with Gasteiger partial charge in [0.15, 0.2) is 0 Å². The molecule has 32 heavy (non-hydrogen) atoms. The van der Waals surface area contributed by atoms with Gasteiger partial charge in [-0.15, -0.1) is 0 Å². The molecule has 158 valence electrons. The Kier molecular flexibility index (Phi) is 5.99. The molecule has 0 radical (unpaired) electrons. The zero-order valence-electron chi connectivity index (χ0n) is 16.8. The summed E-state index contributed by atoms with van der Waals surface area (Å²) in [5.74, 6) is 1.93. The second-order valence-corrected chi connectivity index (χ2v) is 6.73. The summed E-state index contributed by atoms with van der Waals surface area (Å²) in [7, 11) is 0. The van der Waals surface area contributed by atoms with Gasteiger partial charge in [-0.3, -0.25) is 10.1 Å². The van der Waals surface area contributed by atoms with E-state index in [1.807, 2.05) is 24.3 Å². The topological polar surface area (TPSA) is 145 Å². The van der Waals surface area contributed by atoms with Crippen LogP contribution in [-0.4, -0.2) is 37.9 Å². The van der Waals surface area contributed by atoms with Gasteiger partial charge in [-0.1, -0.05) is 12.1 Å². The van der Waals surface area contributed by atoms with Gasteiger partial charge in [0.2, 0.25) is 0 Å². The van der Waals surface area contributed by atoms with E-state index in [1.54, 1.807) is 30.6 Å². The lowest BCUT2D eigenvalue weighted by Gasteiger charge is -2.12. The summed E-state index contributed by atoms with van der Waals surface area (Å²) in [6.07, 6.45) is 4.65. The molecule has 0 fully saturated rings. The number of rotatable bonds is 8. The van der Waals surface area contributed by atoms with Crippen molar-refractivity contribution in [1.82, 2.24) is 19.9 Å². The lowest BCUT2D eigenvalue weighted by molar-refractivity contribution is -0.385. The van der Waals surface area contributed by atoms with Crippen LogP contribution in [0.4, 0.5) is 17.3 Å². The summed E-state index contributed by atoms with van der Waals surface area (Å²) in [4.78, 5) is 26.4. The molecule has 0 saturated heterocycles. The Morgan fingerprint density at radius 1 is 1.00 bits per heavy atom. The summed E-state index contributed by atoms with van der Waals surface area (Å²) in [5, 5.41) is 26.1. The largest absolute Gasteiger partial charge is 0.368 e. The molecule has 1 aromatic carbocycles. The highest BCUT2D eigenvalue weighted by molar-refractivity contribution is 5.79. The number of nitro groups is 1. The molecular formula is C22H18N8O2. The Balaban J connectivity index is 1.47. The average molecular weight is 426 g/mol. The number of pyridine rings is 2. The van der Waals surface area contributed by atoms with Crippen LogP contribution in [0, 0.1) is 21.4 Å².